The number of hydrogen-bond donors (Lipinski definition) is 1. The van der Waals surface area contributed by atoms with Crippen molar-refractivity contribution in [2.75, 3.05) is 6.54 Å². The summed E-state index contributed by atoms with van der Waals surface area (Å²) in [4.78, 5) is 12.5. The lowest BCUT2D eigenvalue weighted by atomic mass is 10.1. The smallest absolute Gasteiger partial charge is 0.174 e. The van der Waals surface area contributed by atoms with Gasteiger partial charge in [-0.3, -0.25) is 4.79 Å². The molecule has 4 heteroatoms. The highest BCUT2D eigenvalue weighted by molar-refractivity contribution is 7.12. The van der Waals surface area contributed by atoms with Crippen molar-refractivity contribution in [1.29, 1.82) is 0 Å². The van der Waals surface area contributed by atoms with E-state index in [1.54, 1.807) is 0 Å². The van der Waals surface area contributed by atoms with E-state index >= 15 is 0 Å². The van der Waals surface area contributed by atoms with E-state index in [0.717, 1.165) is 17.8 Å². The Morgan fingerprint density at radius 3 is 3.07 bits per heavy atom. The number of hydrogen-bond acceptors (Lipinski definition) is 3. The molecule has 1 aromatic rings. The van der Waals surface area contributed by atoms with Crippen LogP contribution in [0.4, 0.5) is 0 Å². The fourth-order valence-corrected chi connectivity index (χ4v) is 2.37. The Labute approximate surface area is 94.1 Å². The molecule has 0 amide bonds. The molecule has 1 fully saturated rings. The van der Waals surface area contributed by atoms with Gasteiger partial charge in [-0.15, -0.1) is 23.7 Å². The van der Waals surface area contributed by atoms with E-state index in [9.17, 15) is 4.79 Å². The monoisotopic (exact) mass is 231 g/mol. The molecule has 14 heavy (non-hydrogen) atoms. The van der Waals surface area contributed by atoms with Crippen molar-refractivity contribution in [2.45, 2.75) is 25.3 Å². The zero-order valence-corrected chi connectivity index (χ0v) is 9.50. The number of nitrogens with one attached hydrogen (secondary N) is 1. The van der Waals surface area contributed by atoms with Crippen molar-refractivity contribution in [3.63, 3.8) is 0 Å². The summed E-state index contributed by atoms with van der Waals surface area (Å²) in [6.07, 6.45) is 3.03. The van der Waals surface area contributed by atoms with Gasteiger partial charge in [0.2, 0.25) is 0 Å². The van der Waals surface area contributed by atoms with Crippen molar-refractivity contribution in [1.82, 2.24) is 5.32 Å². The molecule has 0 aliphatic carbocycles. The topological polar surface area (TPSA) is 29.1 Å². The van der Waals surface area contributed by atoms with Gasteiger partial charge in [-0.2, -0.15) is 0 Å². The summed E-state index contributed by atoms with van der Waals surface area (Å²) >= 11 is 1.54. The van der Waals surface area contributed by atoms with Crippen LogP contribution in [0.3, 0.4) is 0 Å². The molecular formula is C10H14ClNOS. The van der Waals surface area contributed by atoms with Crippen molar-refractivity contribution in [3.8, 4) is 0 Å². The Balaban J connectivity index is 0.000000980. The van der Waals surface area contributed by atoms with Crippen LogP contribution in [-0.4, -0.2) is 18.4 Å². The minimum absolute atomic E-state index is 0. The molecule has 2 heterocycles. The maximum absolute atomic E-state index is 11.6. The van der Waals surface area contributed by atoms with Crippen LogP contribution in [0.1, 0.15) is 28.9 Å². The predicted molar refractivity (Wildman–Crippen MR) is 61.5 cm³/mol. The van der Waals surface area contributed by atoms with Crippen molar-refractivity contribution in [3.05, 3.63) is 22.4 Å². The summed E-state index contributed by atoms with van der Waals surface area (Å²) in [5.74, 6) is 0.286. The van der Waals surface area contributed by atoms with E-state index in [2.05, 4.69) is 5.32 Å². The van der Waals surface area contributed by atoms with E-state index in [4.69, 9.17) is 0 Å². The Hall–Kier alpha value is -0.380. The number of halogens is 1. The number of Topliss-reactive ketones (excluding diaryl/α,β-unsaturated/α-hetero) is 1. The second kappa shape index (κ2) is 5.49. The van der Waals surface area contributed by atoms with E-state index in [0.29, 0.717) is 12.5 Å². The average Bonchev–Trinajstić information content (AvgIpc) is 2.74. The zero-order valence-electron chi connectivity index (χ0n) is 7.86. The van der Waals surface area contributed by atoms with Crippen molar-refractivity contribution in [2.24, 2.45) is 0 Å². The largest absolute Gasteiger partial charge is 0.314 e. The van der Waals surface area contributed by atoms with Crippen molar-refractivity contribution < 1.29 is 4.79 Å². The number of carbonyl (C=O) groups is 1. The standard InChI is InChI=1S/C10H13NOS.ClH/c12-9(10-4-2-6-13-10)7-8-3-1-5-11-8;/h2,4,6,8,11H,1,3,5,7H2;1H. The van der Waals surface area contributed by atoms with Crippen LogP contribution in [0.2, 0.25) is 0 Å². The zero-order chi connectivity index (χ0) is 9.10. The number of ketones is 1. The van der Waals surface area contributed by atoms with Gasteiger partial charge in [0.15, 0.2) is 5.78 Å². The molecule has 1 unspecified atom stereocenters. The van der Waals surface area contributed by atoms with Crippen molar-refractivity contribution >= 4 is 29.5 Å². The Morgan fingerprint density at radius 2 is 2.50 bits per heavy atom. The minimum atomic E-state index is 0. The molecule has 0 aromatic carbocycles. The fraction of sp³-hybridized carbons (Fsp3) is 0.500. The molecule has 1 aromatic heterocycles. The lowest BCUT2D eigenvalue weighted by Crippen LogP contribution is -2.24. The third kappa shape index (κ3) is 2.80. The van der Waals surface area contributed by atoms with E-state index in [1.807, 2.05) is 17.5 Å². The molecule has 1 N–H and O–H groups in total. The van der Waals surface area contributed by atoms with Gasteiger partial charge in [0.05, 0.1) is 4.88 Å². The molecule has 2 rings (SSSR count). The summed E-state index contributed by atoms with van der Waals surface area (Å²) < 4.78 is 0. The molecule has 78 valence electrons. The Morgan fingerprint density at radius 1 is 1.64 bits per heavy atom. The van der Waals surface area contributed by atoms with Crippen LogP contribution < -0.4 is 5.32 Å². The minimum Gasteiger partial charge on any atom is -0.314 e. The van der Waals surface area contributed by atoms with E-state index in [-0.39, 0.29) is 18.2 Å². The molecule has 0 saturated carbocycles. The van der Waals surface area contributed by atoms with Gasteiger partial charge < -0.3 is 5.32 Å². The SMILES string of the molecule is Cl.O=C(CC1CCCN1)c1cccs1. The molecule has 0 bridgehead atoms. The molecule has 1 saturated heterocycles. The second-order valence-electron chi connectivity index (χ2n) is 3.40. The van der Waals surface area contributed by atoms with E-state index < -0.39 is 0 Å². The quantitative estimate of drug-likeness (QED) is 0.810. The first-order valence-corrected chi connectivity index (χ1v) is 5.54. The molecule has 2 nitrogen and oxygen atoms in total. The summed E-state index contributed by atoms with van der Waals surface area (Å²) in [6, 6.07) is 4.26. The van der Waals surface area contributed by atoms with Gasteiger partial charge >= 0.3 is 0 Å². The molecular weight excluding hydrogens is 218 g/mol. The first-order chi connectivity index (χ1) is 6.36. The van der Waals surface area contributed by atoms with Crippen LogP contribution in [0.25, 0.3) is 0 Å². The number of rotatable bonds is 3. The predicted octanol–water partition coefficient (Wildman–Crippen LogP) is 2.49. The fourth-order valence-electron chi connectivity index (χ4n) is 1.69. The molecule has 1 aliphatic heterocycles. The van der Waals surface area contributed by atoms with Crippen LogP contribution >= 0.6 is 23.7 Å². The molecule has 1 atom stereocenters. The maximum atomic E-state index is 11.6. The third-order valence-corrected chi connectivity index (χ3v) is 3.30. The van der Waals surface area contributed by atoms with E-state index in [1.165, 1.54) is 17.8 Å². The lowest BCUT2D eigenvalue weighted by Gasteiger charge is -2.06. The molecule has 1 aliphatic rings. The van der Waals surface area contributed by atoms with Gasteiger partial charge in [0, 0.05) is 12.5 Å². The van der Waals surface area contributed by atoms with Gasteiger partial charge in [-0.25, -0.2) is 0 Å². The maximum Gasteiger partial charge on any atom is 0.174 e. The highest BCUT2D eigenvalue weighted by Crippen LogP contribution is 2.16. The van der Waals surface area contributed by atoms with Gasteiger partial charge in [-0.05, 0) is 30.8 Å². The number of thiophene rings is 1. The molecule has 0 radical (unpaired) electrons. The number of carbonyl (C=O) groups excluding carboxylic acids is 1. The Bertz CT molecular complexity index is 280. The second-order valence-corrected chi connectivity index (χ2v) is 4.35. The first-order valence-electron chi connectivity index (χ1n) is 4.66. The summed E-state index contributed by atoms with van der Waals surface area (Å²) in [5.41, 5.74) is 0. The highest BCUT2D eigenvalue weighted by Gasteiger charge is 2.18. The first kappa shape index (κ1) is 11.7. The van der Waals surface area contributed by atoms with Gasteiger partial charge in [0.25, 0.3) is 0 Å². The van der Waals surface area contributed by atoms with Gasteiger partial charge in [-0.1, -0.05) is 6.07 Å². The average molecular weight is 232 g/mol. The molecule has 0 spiro atoms. The summed E-state index contributed by atoms with van der Waals surface area (Å²) in [6.45, 7) is 1.07. The van der Waals surface area contributed by atoms with Crippen LogP contribution in [0, 0.1) is 0 Å². The normalized spacial score (nSPS) is 20.4. The van der Waals surface area contributed by atoms with Crippen LogP contribution in [-0.2, 0) is 0 Å². The lowest BCUT2D eigenvalue weighted by molar-refractivity contribution is 0.0975. The summed E-state index contributed by atoms with van der Waals surface area (Å²) in [5, 5.41) is 5.29. The third-order valence-electron chi connectivity index (χ3n) is 2.39. The summed E-state index contributed by atoms with van der Waals surface area (Å²) in [7, 11) is 0. The van der Waals surface area contributed by atoms with Gasteiger partial charge in [0.1, 0.15) is 0 Å². The van der Waals surface area contributed by atoms with Crippen LogP contribution in [0.15, 0.2) is 17.5 Å². The van der Waals surface area contributed by atoms with Crippen LogP contribution in [0.5, 0.6) is 0 Å². The Kier molecular flexibility index (Phi) is 4.58. The highest BCUT2D eigenvalue weighted by atomic mass is 35.5.